The van der Waals surface area contributed by atoms with Crippen LogP contribution in [0.1, 0.15) is 51.5 Å². The van der Waals surface area contributed by atoms with E-state index in [1.54, 1.807) is 6.92 Å². The Labute approximate surface area is 160 Å². The summed E-state index contributed by atoms with van der Waals surface area (Å²) in [6, 6.07) is 9.86. The lowest BCUT2D eigenvalue weighted by Crippen LogP contribution is -2.19. The summed E-state index contributed by atoms with van der Waals surface area (Å²) < 4.78 is 10.6. The first-order valence-electron chi connectivity index (χ1n) is 9.78. The number of benzene rings is 1. The largest absolute Gasteiger partial charge is 0.466 e. The molecule has 1 aliphatic heterocycles. The molecule has 1 aromatic rings. The standard InChI is InChI=1S/C22H27NO4/c1-3-26-20(24)14-18-19(13-16-7-5-4-6-8-16)22(25)27-21(18)23-17-11-9-15(2)10-12-17/h4-8,15,17H,3,9-14H2,1-2H3. The number of esters is 2. The Kier molecular flexibility index (Phi) is 6.43. The molecular formula is C22H27NO4. The molecule has 0 aromatic heterocycles. The number of aliphatic imine (C=N–C) groups is 1. The van der Waals surface area contributed by atoms with Crippen LogP contribution in [0.25, 0.3) is 0 Å². The number of rotatable bonds is 6. The molecule has 1 aromatic carbocycles. The van der Waals surface area contributed by atoms with Crippen molar-refractivity contribution >= 4 is 17.8 Å². The predicted molar refractivity (Wildman–Crippen MR) is 103 cm³/mol. The van der Waals surface area contributed by atoms with Crippen LogP contribution >= 0.6 is 0 Å². The van der Waals surface area contributed by atoms with E-state index in [1.807, 2.05) is 30.3 Å². The molecule has 2 aliphatic rings. The van der Waals surface area contributed by atoms with Crippen LogP contribution in [0, 0.1) is 5.92 Å². The molecule has 0 radical (unpaired) electrons. The van der Waals surface area contributed by atoms with Crippen molar-refractivity contribution in [2.75, 3.05) is 6.61 Å². The number of hydrogen-bond donors (Lipinski definition) is 0. The summed E-state index contributed by atoms with van der Waals surface area (Å²) in [6.07, 6.45) is 4.68. The average Bonchev–Trinajstić information content (AvgIpc) is 2.93. The van der Waals surface area contributed by atoms with Crippen LogP contribution in [0.2, 0.25) is 0 Å². The van der Waals surface area contributed by atoms with Gasteiger partial charge in [-0.25, -0.2) is 9.79 Å². The van der Waals surface area contributed by atoms with E-state index in [0.29, 0.717) is 30.1 Å². The molecule has 0 amide bonds. The summed E-state index contributed by atoms with van der Waals surface area (Å²) in [5, 5.41) is 0. The monoisotopic (exact) mass is 369 g/mol. The van der Waals surface area contributed by atoms with Crippen molar-refractivity contribution in [3.05, 3.63) is 47.0 Å². The van der Waals surface area contributed by atoms with E-state index < -0.39 is 5.97 Å². The van der Waals surface area contributed by atoms with Gasteiger partial charge in [-0.1, -0.05) is 37.3 Å². The molecule has 1 heterocycles. The van der Waals surface area contributed by atoms with Gasteiger partial charge in [-0.3, -0.25) is 4.79 Å². The Balaban J connectivity index is 1.87. The van der Waals surface area contributed by atoms with Crippen LogP contribution in [0.5, 0.6) is 0 Å². The third-order valence-electron chi connectivity index (χ3n) is 5.19. The van der Waals surface area contributed by atoms with Crippen LogP contribution in [0.15, 0.2) is 46.5 Å². The molecule has 0 saturated heterocycles. The molecule has 0 N–H and O–H groups in total. The van der Waals surface area contributed by atoms with Crippen molar-refractivity contribution < 1.29 is 19.1 Å². The Morgan fingerprint density at radius 2 is 1.85 bits per heavy atom. The van der Waals surface area contributed by atoms with Gasteiger partial charge in [0, 0.05) is 12.0 Å². The van der Waals surface area contributed by atoms with Crippen LogP contribution < -0.4 is 0 Å². The van der Waals surface area contributed by atoms with E-state index in [0.717, 1.165) is 37.2 Å². The van der Waals surface area contributed by atoms with Gasteiger partial charge in [-0.05, 0) is 44.1 Å². The maximum atomic E-state index is 12.5. The third-order valence-corrected chi connectivity index (χ3v) is 5.19. The maximum Gasteiger partial charge on any atom is 0.341 e. The van der Waals surface area contributed by atoms with Gasteiger partial charge >= 0.3 is 11.9 Å². The summed E-state index contributed by atoms with van der Waals surface area (Å²) in [7, 11) is 0. The average molecular weight is 369 g/mol. The van der Waals surface area contributed by atoms with E-state index in [4.69, 9.17) is 14.5 Å². The fourth-order valence-electron chi connectivity index (χ4n) is 3.62. The van der Waals surface area contributed by atoms with E-state index in [9.17, 15) is 9.59 Å². The minimum absolute atomic E-state index is 0.0176. The second-order valence-electron chi connectivity index (χ2n) is 7.34. The normalized spacial score (nSPS) is 24.2. The molecule has 0 bridgehead atoms. The van der Waals surface area contributed by atoms with Gasteiger partial charge in [0.05, 0.1) is 24.6 Å². The van der Waals surface area contributed by atoms with E-state index in [2.05, 4.69) is 6.92 Å². The summed E-state index contributed by atoms with van der Waals surface area (Å²) in [5.74, 6) is 0.275. The maximum absolute atomic E-state index is 12.5. The van der Waals surface area contributed by atoms with Gasteiger partial charge in [0.2, 0.25) is 5.90 Å². The van der Waals surface area contributed by atoms with Crippen LogP contribution in [-0.4, -0.2) is 30.5 Å². The molecule has 5 heteroatoms. The number of carbonyl (C=O) groups is 2. The second-order valence-corrected chi connectivity index (χ2v) is 7.34. The molecule has 1 fully saturated rings. The lowest BCUT2D eigenvalue weighted by atomic mass is 9.87. The Morgan fingerprint density at radius 3 is 2.52 bits per heavy atom. The fraction of sp³-hybridized carbons (Fsp3) is 0.500. The topological polar surface area (TPSA) is 65.0 Å². The van der Waals surface area contributed by atoms with E-state index in [1.165, 1.54) is 0 Å². The highest BCUT2D eigenvalue weighted by Gasteiger charge is 2.33. The van der Waals surface area contributed by atoms with Crippen molar-refractivity contribution in [2.24, 2.45) is 10.9 Å². The van der Waals surface area contributed by atoms with Crippen LogP contribution in [0.4, 0.5) is 0 Å². The van der Waals surface area contributed by atoms with Crippen LogP contribution in [0.3, 0.4) is 0 Å². The summed E-state index contributed by atoms with van der Waals surface area (Å²) in [4.78, 5) is 29.3. The fourth-order valence-corrected chi connectivity index (χ4v) is 3.62. The molecule has 0 unspecified atom stereocenters. The van der Waals surface area contributed by atoms with Gasteiger partial charge in [-0.2, -0.15) is 0 Å². The molecule has 0 spiro atoms. The van der Waals surface area contributed by atoms with E-state index >= 15 is 0 Å². The molecule has 144 valence electrons. The van der Waals surface area contributed by atoms with E-state index in [-0.39, 0.29) is 18.4 Å². The predicted octanol–water partition coefficient (Wildman–Crippen LogP) is 4.01. The number of cyclic esters (lactones) is 1. The van der Waals surface area contributed by atoms with Gasteiger partial charge in [0.1, 0.15) is 0 Å². The van der Waals surface area contributed by atoms with Crippen molar-refractivity contribution in [1.82, 2.24) is 0 Å². The van der Waals surface area contributed by atoms with Crippen molar-refractivity contribution in [1.29, 1.82) is 0 Å². The minimum atomic E-state index is -0.402. The van der Waals surface area contributed by atoms with Gasteiger partial charge < -0.3 is 9.47 Å². The Hall–Kier alpha value is -2.43. The van der Waals surface area contributed by atoms with Crippen molar-refractivity contribution in [2.45, 2.75) is 58.4 Å². The zero-order valence-corrected chi connectivity index (χ0v) is 16.1. The van der Waals surface area contributed by atoms with Gasteiger partial charge in [0.25, 0.3) is 0 Å². The zero-order valence-electron chi connectivity index (χ0n) is 16.1. The molecule has 27 heavy (non-hydrogen) atoms. The lowest BCUT2D eigenvalue weighted by molar-refractivity contribution is -0.142. The minimum Gasteiger partial charge on any atom is -0.466 e. The first-order chi connectivity index (χ1) is 13.1. The molecule has 0 atom stereocenters. The van der Waals surface area contributed by atoms with Gasteiger partial charge in [0.15, 0.2) is 0 Å². The zero-order chi connectivity index (χ0) is 19.2. The lowest BCUT2D eigenvalue weighted by Gasteiger charge is -2.23. The van der Waals surface area contributed by atoms with Gasteiger partial charge in [-0.15, -0.1) is 0 Å². The number of nitrogens with zero attached hydrogens (tertiary/aromatic N) is 1. The first-order valence-corrected chi connectivity index (χ1v) is 9.78. The third kappa shape index (κ3) is 5.06. The molecular weight excluding hydrogens is 342 g/mol. The SMILES string of the molecule is CCOC(=O)CC1=C(Cc2ccccc2)C(=O)OC1=NC1CCC(C)CC1. The summed E-state index contributed by atoms with van der Waals surface area (Å²) in [6.45, 7) is 4.33. The highest BCUT2D eigenvalue weighted by Crippen LogP contribution is 2.30. The Bertz CT molecular complexity index is 743. The number of carbonyl (C=O) groups excluding carboxylic acids is 2. The number of ether oxygens (including phenoxy) is 2. The quantitative estimate of drug-likeness (QED) is 0.711. The molecule has 1 saturated carbocycles. The van der Waals surface area contributed by atoms with Crippen molar-refractivity contribution in [3.63, 3.8) is 0 Å². The molecule has 5 nitrogen and oxygen atoms in total. The summed E-state index contributed by atoms with van der Waals surface area (Å²) in [5.41, 5.74) is 2.09. The smallest absolute Gasteiger partial charge is 0.341 e. The number of hydrogen-bond acceptors (Lipinski definition) is 5. The summed E-state index contributed by atoms with van der Waals surface area (Å²) >= 11 is 0. The van der Waals surface area contributed by atoms with Crippen LogP contribution in [-0.2, 0) is 25.5 Å². The first kappa shape index (κ1) is 19.3. The molecule has 3 rings (SSSR count). The second kappa shape index (κ2) is 8.98. The highest BCUT2D eigenvalue weighted by molar-refractivity contribution is 6.16. The molecule has 1 aliphatic carbocycles. The highest BCUT2D eigenvalue weighted by atomic mass is 16.6. The van der Waals surface area contributed by atoms with Crippen molar-refractivity contribution in [3.8, 4) is 0 Å². The Morgan fingerprint density at radius 1 is 1.15 bits per heavy atom.